The topological polar surface area (TPSA) is 77.4 Å². The van der Waals surface area contributed by atoms with Crippen molar-refractivity contribution in [1.82, 2.24) is 0 Å². The third kappa shape index (κ3) is 2.82. The lowest BCUT2D eigenvalue weighted by molar-refractivity contribution is 0.0582. The smallest absolute Gasteiger partial charge is 0.203 e. The third-order valence-electron chi connectivity index (χ3n) is 3.87. The highest BCUT2D eigenvalue weighted by atomic mass is 16.5. The van der Waals surface area contributed by atoms with E-state index in [1.807, 2.05) is 0 Å². The highest BCUT2D eigenvalue weighted by molar-refractivity contribution is 5.59. The molecule has 0 radical (unpaired) electrons. The van der Waals surface area contributed by atoms with E-state index in [0.717, 1.165) is 5.56 Å². The Morgan fingerprint density at radius 3 is 2.13 bits per heavy atom. The number of hydrogen-bond acceptors (Lipinski definition) is 6. The van der Waals surface area contributed by atoms with Gasteiger partial charge in [0.1, 0.15) is 11.4 Å². The van der Waals surface area contributed by atoms with Crippen LogP contribution < -0.4 is 9.47 Å². The van der Waals surface area contributed by atoms with Gasteiger partial charge in [-0.2, -0.15) is 0 Å². The van der Waals surface area contributed by atoms with E-state index in [0.29, 0.717) is 17.3 Å². The first-order valence-corrected chi connectivity index (χ1v) is 7.09. The molecule has 0 amide bonds. The summed E-state index contributed by atoms with van der Waals surface area (Å²) < 4.78 is 21.5. The lowest BCUT2D eigenvalue weighted by atomic mass is 9.85. The molecule has 0 saturated heterocycles. The summed E-state index contributed by atoms with van der Waals surface area (Å²) in [4.78, 5) is 0. The average Bonchev–Trinajstić information content (AvgIpc) is 2.53. The van der Waals surface area contributed by atoms with Crippen LogP contribution in [0.5, 0.6) is 17.2 Å². The van der Waals surface area contributed by atoms with E-state index in [2.05, 4.69) is 0 Å². The van der Waals surface area contributed by atoms with Crippen molar-refractivity contribution in [2.75, 3.05) is 28.4 Å². The fourth-order valence-electron chi connectivity index (χ4n) is 2.83. The number of ether oxygens (including phenoxy) is 4. The van der Waals surface area contributed by atoms with Crippen molar-refractivity contribution in [3.8, 4) is 17.2 Å². The van der Waals surface area contributed by atoms with Crippen LogP contribution in [-0.4, -0.2) is 44.3 Å². The van der Waals surface area contributed by atoms with Crippen LogP contribution in [0.25, 0.3) is 0 Å². The van der Waals surface area contributed by atoms with Gasteiger partial charge in [-0.15, -0.1) is 0 Å². The lowest BCUT2D eigenvalue weighted by Gasteiger charge is -2.32. The predicted molar refractivity (Wildman–Crippen MR) is 84.8 cm³/mol. The number of methoxy groups -OCH3 is 4. The molecule has 0 bridgehead atoms. The van der Waals surface area contributed by atoms with E-state index in [4.69, 9.17) is 18.9 Å². The lowest BCUT2D eigenvalue weighted by Crippen LogP contribution is -2.31. The Hall–Kier alpha value is -2.34. The molecular weight excluding hydrogens is 300 g/mol. The molecule has 0 aliphatic heterocycles. The van der Waals surface area contributed by atoms with Crippen molar-refractivity contribution in [1.29, 1.82) is 0 Å². The molecule has 0 heterocycles. The Bertz CT molecular complexity index is 645. The third-order valence-corrected chi connectivity index (χ3v) is 3.87. The van der Waals surface area contributed by atoms with Gasteiger partial charge >= 0.3 is 0 Å². The molecule has 2 unspecified atom stereocenters. The zero-order valence-electron chi connectivity index (χ0n) is 13.9. The molecule has 2 rings (SSSR count). The van der Waals surface area contributed by atoms with E-state index >= 15 is 0 Å². The molecule has 126 valence electrons. The van der Waals surface area contributed by atoms with Gasteiger partial charge in [-0.1, -0.05) is 12.1 Å². The normalized spacial score (nSPS) is 23.7. The number of allylic oxidation sites excluding steroid dienone is 1. The summed E-state index contributed by atoms with van der Waals surface area (Å²) >= 11 is 0. The zero-order valence-corrected chi connectivity index (χ0v) is 13.9. The minimum absolute atomic E-state index is 0.0187. The summed E-state index contributed by atoms with van der Waals surface area (Å²) in [5.74, 6) is 1.06. The quantitative estimate of drug-likeness (QED) is 0.810. The summed E-state index contributed by atoms with van der Waals surface area (Å²) in [6.07, 6.45) is 3.44. The van der Waals surface area contributed by atoms with Gasteiger partial charge in [0.05, 0.1) is 34.4 Å². The average molecular weight is 322 g/mol. The number of phenols is 1. The highest BCUT2D eigenvalue weighted by Crippen LogP contribution is 2.47. The number of phenolic OH excluding ortho intramolecular Hbond substituents is 1. The molecular formula is C17H22O6. The molecule has 0 spiro atoms. The fourth-order valence-corrected chi connectivity index (χ4v) is 2.83. The largest absolute Gasteiger partial charge is 0.504 e. The van der Waals surface area contributed by atoms with Gasteiger partial charge in [-0.3, -0.25) is 0 Å². The molecule has 6 heteroatoms. The minimum Gasteiger partial charge on any atom is -0.504 e. The summed E-state index contributed by atoms with van der Waals surface area (Å²) in [5.41, 5.74) is -0.537. The van der Waals surface area contributed by atoms with E-state index in [1.165, 1.54) is 34.5 Å². The highest BCUT2D eigenvalue weighted by Gasteiger charge is 2.37. The maximum absolute atomic E-state index is 10.4. The van der Waals surface area contributed by atoms with Crippen LogP contribution in [0.15, 0.2) is 35.8 Å². The van der Waals surface area contributed by atoms with E-state index in [1.54, 1.807) is 25.1 Å². The van der Waals surface area contributed by atoms with Gasteiger partial charge in [0, 0.05) is 5.56 Å². The Kier molecular flexibility index (Phi) is 4.75. The number of aromatic hydroxyl groups is 1. The SMILES string of the molecule is COC1=C(OC)C(C)(O)C=CC1c1ccc(O)c(OC)c1OC. The second-order valence-corrected chi connectivity index (χ2v) is 5.33. The molecule has 0 fully saturated rings. The van der Waals surface area contributed by atoms with Gasteiger partial charge in [-0.05, 0) is 19.1 Å². The van der Waals surface area contributed by atoms with Crippen molar-refractivity contribution in [3.63, 3.8) is 0 Å². The van der Waals surface area contributed by atoms with Crippen LogP contribution in [0, 0.1) is 0 Å². The molecule has 23 heavy (non-hydrogen) atoms. The second kappa shape index (κ2) is 6.42. The van der Waals surface area contributed by atoms with Crippen molar-refractivity contribution < 1.29 is 29.2 Å². The van der Waals surface area contributed by atoms with Gasteiger partial charge < -0.3 is 29.2 Å². The monoisotopic (exact) mass is 322 g/mol. The van der Waals surface area contributed by atoms with Gasteiger partial charge in [0.25, 0.3) is 0 Å². The first kappa shape index (κ1) is 17.0. The van der Waals surface area contributed by atoms with Crippen molar-refractivity contribution in [2.24, 2.45) is 0 Å². The van der Waals surface area contributed by atoms with Crippen molar-refractivity contribution in [3.05, 3.63) is 41.4 Å². The van der Waals surface area contributed by atoms with E-state index < -0.39 is 5.60 Å². The first-order chi connectivity index (χ1) is 10.9. The summed E-state index contributed by atoms with van der Waals surface area (Å²) in [5, 5.41) is 20.3. The maximum Gasteiger partial charge on any atom is 0.203 e. The van der Waals surface area contributed by atoms with Gasteiger partial charge in [-0.25, -0.2) is 0 Å². The fraction of sp³-hybridized carbons (Fsp3) is 0.412. The minimum atomic E-state index is -1.26. The molecule has 0 aromatic heterocycles. The van der Waals surface area contributed by atoms with Crippen LogP contribution in [0.4, 0.5) is 0 Å². The van der Waals surface area contributed by atoms with Gasteiger partial charge in [0.15, 0.2) is 17.3 Å². The Balaban J connectivity index is 2.65. The molecule has 1 aromatic rings. The maximum atomic E-state index is 10.4. The Morgan fingerprint density at radius 1 is 0.957 bits per heavy atom. The second-order valence-electron chi connectivity index (χ2n) is 5.33. The van der Waals surface area contributed by atoms with Crippen LogP contribution in [0.2, 0.25) is 0 Å². The number of hydrogen-bond donors (Lipinski definition) is 2. The molecule has 6 nitrogen and oxygen atoms in total. The Labute approximate surface area is 135 Å². The standard InChI is InChI=1S/C17H22O6/c1-17(19)9-8-11(14(21-3)16(17)23-5)10-6-7-12(18)15(22-4)13(10)20-2/h6-9,11,18-19H,1-5H3. The summed E-state index contributed by atoms with van der Waals surface area (Å²) in [6.45, 7) is 1.62. The number of benzene rings is 1. The molecule has 0 saturated carbocycles. The van der Waals surface area contributed by atoms with E-state index in [9.17, 15) is 10.2 Å². The predicted octanol–water partition coefficient (Wildman–Crippen LogP) is 2.32. The van der Waals surface area contributed by atoms with Crippen LogP contribution in [0.1, 0.15) is 18.4 Å². The van der Waals surface area contributed by atoms with Crippen LogP contribution >= 0.6 is 0 Å². The summed E-state index contributed by atoms with van der Waals surface area (Å²) in [6, 6.07) is 3.25. The Morgan fingerprint density at radius 2 is 1.61 bits per heavy atom. The number of aliphatic hydroxyl groups is 1. The first-order valence-electron chi connectivity index (χ1n) is 7.09. The zero-order chi connectivity index (χ0) is 17.2. The molecule has 2 N–H and O–H groups in total. The van der Waals surface area contributed by atoms with Crippen LogP contribution in [0.3, 0.4) is 0 Å². The molecule has 1 aromatic carbocycles. The molecule has 1 aliphatic rings. The summed E-state index contributed by atoms with van der Waals surface area (Å²) in [7, 11) is 5.95. The van der Waals surface area contributed by atoms with E-state index in [-0.39, 0.29) is 17.4 Å². The molecule has 1 aliphatic carbocycles. The van der Waals surface area contributed by atoms with Crippen molar-refractivity contribution >= 4 is 0 Å². The number of rotatable bonds is 5. The van der Waals surface area contributed by atoms with Crippen molar-refractivity contribution in [2.45, 2.75) is 18.4 Å². The molecule has 2 atom stereocenters. The van der Waals surface area contributed by atoms with Gasteiger partial charge in [0.2, 0.25) is 5.75 Å². The van der Waals surface area contributed by atoms with Crippen LogP contribution in [-0.2, 0) is 9.47 Å².